The average molecular weight is 303 g/mol. The maximum atomic E-state index is 11.8. The highest BCUT2D eigenvalue weighted by Crippen LogP contribution is 2.05. The van der Waals surface area contributed by atoms with Gasteiger partial charge in [-0.3, -0.25) is 9.36 Å². The fourth-order valence-electron chi connectivity index (χ4n) is 1.33. The van der Waals surface area contributed by atoms with Gasteiger partial charge in [0.15, 0.2) is 0 Å². The summed E-state index contributed by atoms with van der Waals surface area (Å²) < 4.78 is 2.16. The van der Waals surface area contributed by atoms with Crippen LogP contribution in [-0.4, -0.2) is 48.2 Å². The molecule has 1 aromatic heterocycles. The van der Waals surface area contributed by atoms with Crippen molar-refractivity contribution < 1.29 is 0 Å². The molecule has 0 aliphatic heterocycles. The highest BCUT2D eigenvalue weighted by Gasteiger charge is 2.04. The first-order valence-electron chi connectivity index (χ1n) is 5.59. The first-order valence-corrected chi connectivity index (χ1v) is 6.38. The van der Waals surface area contributed by atoms with Gasteiger partial charge in [-0.2, -0.15) is 0 Å². The molecule has 0 saturated carbocycles. The summed E-state index contributed by atoms with van der Waals surface area (Å²) in [5.74, 6) is 0. The van der Waals surface area contributed by atoms with E-state index >= 15 is 0 Å². The summed E-state index contributed by atoms with van der Waals surface area (Å²) >= 11 is 3.25. The van der Waals surface area contributed by atoms with Gasteiger partial charge in [0.2, 0.25) is 0 Å². The SMILES string of the molecule is Cc1ncn(CCNCCN(C)C)c(=O)c1Br. The molecule has 0 atom stereocenters. The monoisotopic (exact) mass is 302 g/mol. The molecular weight excluding hydrogens is 284 g/mol. The van der Waals surface area contributed by atoms with Crippen molar-refractivity contribution in [3.8, 4) is 0 Å². The smallest absolute Gasteiger partial charge is 0.267 e. The van der Waals surface area contributed by atoms with E-state index in [2.05, 4.69) is 31.1 Å². The maximum Gasteiger partial charge on any atom is 0.267 e. The summed E-state index contributed by atoms with van der Waals surface area (Å²) in [5.41, 5.74) is 0.707. The van der Waals surface area contributed by atoms with Crippen LogP contribution in [0.25, 0.3) is 0 Å². The summed E-state index contributed by atoms with van der Waals surface area (Å²) in [5, 5.41) is 3.28. The van der Waals surface area contributed by atoms with Gasteiger partial charge in [0.05, 0.1) is 12.0 Å². The molecule has 1 heterocycles. The summed E-state index contributed by atoms with van der Waals surface area (Å²) in [6.07, 6.45) is 1.59. The van der Waals surface area contributed by atoms with Crippen LogP contribution in [0.4, 0.5) is 0 Å². The number of hydrogen-bond acceptors (Lipinski definition) is 4. The lowest BCUT2D eigenvalue weighted by molar-refractivity contribution is 0.397. The fourth-order valence-corrected chi connectivity index (χ4v) is 1.66. The zero-order valence-corrected chi connectivity index (χ0v) is 12.1. The van der Waals surface area contributed by atoms with E-state index in [4.69, 9.17) is 0 Å². The van der Waals surface area contributed by atoms with Crippen molar-refractivity contribution in [2.45, 2.75) is 13.5 Å². The molecule has 0 amide bonds. The molecule has 0 bridgehead atoms. The van der Waals surface area contributed by atoms with Crippen LogP contribution in [0.5, 0.6) is 0 Å². The predicted octanol–water partition coefficient (Wildman–Crippen LogP) is 0.465. The van der Waals surface area contributed by atoms with Gasteiger partial charge < -0.3 is 10.2 Å². The van der Waals surface area contributed by atoms with Gasteiger partial charge in [-0.1, -0.05) is 0 Å². The Morgan fingerprint density at radius 2 is 2.18 bits per heavy atom. The Morgan fingerprint density at radius 3 is 2.82 bits per heavy atom. The van der Waals surface area contributed by atoms with Crippen LogP contribution in [0.2, 0.25) is 0 Å². The summed E-state index contributed by atoms with van der Waals surface area (Å²) in [7, 11) is 4.07. The van der Waals surface area contributed by atoms with Gasteiger partial charge in [-0.25, -0.2) is 4.98 Å². The van der Waals surface area contributed by atoms with E-state index in [1.54, 1.807) is 10.9 Å². The predicted molar refractivity (Wildman–Crippen MR) is 72.4 cm³/mol. The molecule has 96 valence electrons. The third kappa shape index (κ3) is 4.57. The second-order valence-corrected chi connectivity index (χ2v) is 4.99. The fraction of sp³-hybridized carbons (Fsp3) is 0.636. The maximum absolute atomic E-state index is 11.8. The van der Waals surface area contributed by atoms with E-state index in [1.807, 2.05) is 21.0 Å². The Labute approximate surface area is 110 Å². The lowest BCUT2D eigenvalue weighted by Gasteiger charge is -2.11. The number of halogens is 1. The molecule has 5 nitrogen and oxygen atoms in total. The highest BCUT2D eigenvalue weighted by molar-refractivity contribution is 9.10. The molecule has 0 aliphatic rings. The minimum absolute atomic E-state index is 0.0214. The van der Waals surface area contributed by atoms with Gasteiger partial charge >= 0.3 is 0 Å². The molecule has 0 aromatic carbocycles. The number of aromatic nitrogens is 2. The third-order valence-electron chi connectivity index (χ3n) is 2.42. The van der Waals surface area contributed by atoms with Crippen LogP contribution in [0.15, 0.2) is 15.6 Å². The normalized spacial score (nSPS) is 11.1. The lowest BCUT2D eigenvalue weighted by Crippen LogP contribution is -2.31. The standard InChI is InChI=1S/C11H19BrN4O/c1-9-10(12)11(17)16(8-14-9)7-5-13-4-6-15(2)3/h8,13H,4-7H2,1-3H3. The van der Waals surface area contributed by atoms with Crippen LogP contribution in [0.3, 0.4) is 0 Å². The van der Waals surface area contributed by atoms with Crippen LogP contribution >= 0.6 is 15.9 Å². The highest BCUT2D eigenvalue weighted by atomic mass is 79.9. The Morgan fingerprint density at radius 1 is 1.47 bits per heavy atom. The van der Waals surface area contributed by atoms with Crippen molar-refractivity contribution in [1.82, 2.24) is 19.8 Å². The third-order valence-corrected chi connectivity index (χ3v) is 3.34. The van der Waals surface area contributed by atoms with Gasteiger partial charge in [0.1, 0.15) is 4.47 Å². The summed E-state index contributed by atoms with van der Waals surface area (Å²) in [6, 6.07) is 0. The lowest BCUT2D eigenvalue weighted by atomic mass is 10.4. The molecule has 1 rings (SSSR count). The second-order valence-electron chi connectivity index (χ2n) is 4.20. The Balaban J connectivity index is 2.43. The second kappa shape index (κ2) is 6.88. The molecule has 0 unspecified atom stereocenters. The molecule has 17 heavy (non-hydrogen) atoms. The van der Waals surface area contributed by atoms with Gasteiger partial charge in [-0.15, -0.1) is 0 Å². The van der Waals surface area contributed by atoms with Crippen LogP contribution in [0.1, 0.15) is 5.69 Å². The number of likely N-dealkylation sites (N-methyl/N-ethyl adjacent to an activating group) is 1. The first kappa shape index (κ1) is 14.3. The molecule has 6 heteroatoms. The van der Waals surface area contributed by atoms with E-state index < -0.39 is 0 Å². The summed E-state index contributed by atoms with van der Waals surface area (Å²) in [4.78, 5) is 18.1. The van der Waals surface area contributed by atoms with Gasteiger partial charge in [-0.05, 0) is 36.9 Å². The van der Waals surface area contributed by atoms with Crippen LogP contribution in [-0.2, 0) is 6.54 Å². The molecule has 0 aliphatic carbocycles. The van der Waals surface area contributed by atoms with E-state index in [9.17, 15) is 4.79 Å². The largest absolute Gasteiger partial charge is 0.314 e. The number of rotatable bonds is 6. The minimum atomic E-state index is -0.0214. The molecule has 0 radical (unpaired) electrons. The Kier molecular flexibility index (Phi) is 5.80. The van der Waals surface area contributed by atoms with E-state index in [1.165, 1.54) is 0 Å². The number of hydrogen-bond donors (Lipinski definition) is 1. The summed E-state index contributed by atoms with van der Waals surface area (Å²) in [6.45, 7) is 5.13. The Bertz CT molecular complexity index is 416. The molecule has 1 N–H and O–H groups in total. The van der Waals surface area contributed by atoms with Crippen molar-refractivity contribution in [1.29, 1.82) is 0 Å². The molecule has 1 aromatic rings. The minimum Gasteiger partial charge on any atom is -0.314 e. The van der Waals surface area contributed by atoms with Crippen molar-refractivity contribution >= 4 is 15.9 Å². The van der Waals surface area contributed by atoms with Crippen molar-refractivity contribution in [3.05, 3.63) is 26.8 Å². The van der Waals surface area contributed by atoms with Crippen molar-refractivity contribution in [2.75, 3.05) is 33.7 Å². The van der Waals surface area contributed by atoms with Gasteiger partial charge in [0.25, 0.3) is 5.56 Å². The van der Waals surface area contributed by atoms with Crippen LogP contribution < -0.4 is 10.9 Å². The number of nitrogens with one attached hydrogen (secondary N) is 1. The molecular formula is C11H19BrN4O. The first-order chi connectivity index (χ1) is 8.02. The molecule has 0 spiro atoms. The topological polar surface area (TPSA) is 50.2 Å². The number of aryl methyl sites for hydroxylation is 1. The zero-order valence-electron chi connectivity index (χ0n) is 10.5. The van der Waals surface area contributed by atoms with Crippen molar-refractivity contribution in [3.63, 3.8) is 0 Å². The van der Waals surface area contributed by atoms with E-state index in [0.29, 0.717) is 11.0 Å². The average Bonchev–Trinajstić information content (AvgIpc) is 2.28. The quantitative estimate of drug-likeness (QED) is 0.776. The van der Waals surface area contributed by atoms with E-state index in [0.717, 1.165) is 25.3 Å². The van der Waals surface area contributed by atoms with E-state index in [-0.39, 0.29) is 5.56 Å². The molecule has 0 saturated heterocycles. The zero-order chi connectivity index (χ0) is 12.8. The number of nitrogens with zero attached hydrogens (tertiary/aromatic N) is 3. The van der Waals surface area contributed by atoms with Gasteiger partial charge in [0, 0.05) is 26.2 Å². The molecule has 0 fully saturated rings. The van der Waals surface area contributed by atoms with Crippen molar-refractivity contribution in [2.24, 2.45) is 0 Å². The Hall–Kier alpha value is -0.720. The van der Waals surface area contributed by atoms with Crippen LogP contribution in [0, 0.1) is 6.92 Å².